The molecule has 8 heteroatoms. The van der Waals surface area contributed by atoms with E-state index in [-0.39, 0.29) is 0 Å². The molecule has 7 nitrogen and oxygen atoms in total. The lowest BCUT2D eigenvalue weighted by atomic mass is 10.0. The highest BCUT2D eigenvalue weighted by atomic mass is 32.2. The third-order valence-corrected chi connectivity index (χ3v) is 7.95. The van der Waals surface area contributed by atoms with Crippen LogP contribution in [-0.2, 0) is 14.9 Å². The number of aliphatic hydroxyl groups is 2. The molecule has 0 fully saturated rings. The molecule has 37 heavy (non-hydrogen) atoms. The van der Waals surface area contributed by atoms with Gasteiger partial charge in [-0.05, 0) is 12.8 Å². The van der Waals surface area contributed by atoms with Gasteiger partial charge in [-0.25, -0.2) is 0 Å². The molecule has 3 atom stereocenters. The molecule has 0 aliphatic rings. The molecule has 0 heterocycles. The Hall–Kier alpha value is -0.700. The Kier molecular flexibility index (Phi) is 23.9. The van der Waals surface area contributed by atoms with Crippen molar-refractivity contribution in [3.8, 4) is 0 Å². The first kappa shape index (κ1) is 36.3. The highest BCUT2D eigenvalue weighted by Gasteiger charge is 2.28. The maximum absolute atomic E-state index is 12.4. The predicted molar refractivity (Wildman–Crippen MR) is 153 cm³/mol. The van der Waals surface area contributed by atoms with Crippen LogP contribution in [0.15, 0.2) is 0 Å². The zero-order valence-electron chi connectivity index (χ0n) is 24.0. The van der Waals surface area contributed by atoms with Gasteiger partial charge in [0.15, 0.2) is 0 Å². The number of carbonyl (C=O) groups is 1. The molecule has 0 rings (SSSR count). The number of amides is 1. The first-order valence-corrected chi connectivity index (χ1v) is 16.9. The van der Waals surface area contributed by atoms with E-state index in [9.17, 15) is 28.0 Å². The minimum absolute atomic E-state index is 0.302. The quantitative estimate of drug-likeness (QED) is 0.0667. The lowest BCUT2D eigenvalue weighted by Crippen LogP contribution is -2.50. The molecule has 0 bridgehead atoms. The molecule has 222 valence electrons. The van der Waals surface area contributed by atoms with Crippen molar-refractivity contribution >= 4 is 16.0 Å². The van der Waals surface area contributed by atoms with Crippen LogP contribution in [0, 0.1) is 0 Å². The second kappa shape index (κ2) is 24.3. The summed E-state index contributed by atoms with van der Waals surface area (Å²) in [5.74, 6) is -1.45. The Balaban J connectivity index is 4.14. The smallest absolute Gasteiger partial charge is 0.266 e. The van der Waals surface area contributed by atoms with E-state index in [0.29, 0.717) is 19.3 Å². The lowest BCUT2D eigenvalue weighted by Gasteiger charge is -2.24. The van der Waals surface area contributed by atoms with Crippen LogP contribution in [0.5, 0.6) is 0 Å². The van der Waals surface area contributed by atoms with E-state index in [1.54, 1.807) is 0 Å². The van der Waals surface area contributed by atoms with Gasteiger partial charge in [0.05, 0.1) is 17.9 Å². The minimum atomic E-state index is -4.38. The molecule has 3 unspecified atom stereocenters. The van der Waals surface area contributed by atoms with Gasteiger partial charge < -0.3 is 15.5 Å². The summed E-state index contributed by atoms with van der Waals surface area (Å²) in [7, 11) is -4.38. The number of carbonyl (C=O) groups excluding carboxylic acids is 1. The molecule has 0 aliphatic heterocycles. The van der Waals surface area contributed by atoms with Crippen molar-refractivity contribution in [2.45, 2.75) is 173 Å². The normalized spacial score (nSPS) is 14.4. The van der Waals surface area contributed by atoms with E-state index < -0.39 is 40.0 Å². The van der Waals surface area contributed by atoms with Crippen molar-refractivity contribution in [1.29, 1.82) is 0 Å². The minimum Gasteiger partial charge on any atom is -0.391 e. The van der Waals surface area contributed by atoms with E-state index in [0.717, 1.165) is 38.5 Å². The van der Waals surface area contributed by atoms with Crippen molar-refractivity contribution in [3.05, 3.63) is 0 Å². The Morgan fingerprint density at radius 3 is 1.35 bits per heavy atom. The monoisotopic (exact) mass is 549 g/mol. The highest BCUT2D eigenvalue weighted by Crippen LogP contribution is 2.15. The first-order chi connectivity index (χ1) is 17.7. The van der Waals surface area contributed by atoms with Crippen LogP contribution in [-0.4, -0.2) is 53.1 Å². The molecule has 0 aromatic heterocycles. The van der Waals surface area contributed by atoms with Crippen LogP contribution >= 0.6 is 0 Å². The summed E-state index contributed by atoms with van der Waals surface area (Å²) < 4.78 is 32.1. The molecular weight excluding hydrogens is 490 g/mol. The van der Waals surface area contributed by atoms with Gasteiger partial charge in [0.25, 0.3) is 10.1 Å². The predicted octanol–water partition coefficient (Wildman–Crippen LogP) is 6.70. The van der Waals surface area contributed by atoms with Crippen molar-refractivity contribution in [3.63, 3.8) is 0 Å². The number of hydrogen-bond acceptors (Lipinski definition) is 5. The fourth-order valence-corrected chi connectivity index (χ4v) is 5.51. The van der Waals surface area contributed by atoms with Gasteiger partial charge in [-0.2, -0.15) is 8.42 Å². The average molecular weight is 550 g/mol. The van der Waals surface area contributed by atoms with Crippen LogP contribution < -0.4 is 5.32 Å². The summed E-state index contributed by atoms with van der Waals surface area (Å²) in [4.78, 5) is 12.4. The van der Waals surface area contributed by atoms with Crippen molar-refractivity contribution in [1.82, 2.24) is 5.32 Å². The van der Waals surface area contributed by atoms with E-state index in [2.05, 4.69) is 19.2 Å². The lowest BCUT2D eigenvalue weighted by molar-refractivity contribution is -0.131. The maximum atomic E-state index is 12.4. The number of unbranched alkanes of at least 4 members (excludes halogenated alkanes) is 18. The van der Waals surface area contributed by atoms with Crippen LogP contribution in [0.4, 0.5) is 0 Å². The zero-order valence-corrected chi connectivity index (χ0v) is 24.8. The van der Waals surface area contributed by atoms with Gasteiger partial charge >= 0.3 is 0 Å². The Bertz CT molecular complexity index is 628. The summed E-state index contributed by atoms with van der Waals surface area (Å²) in [6.07, 6.45) is 21.4. The fourth-order valence-electron chi connectivity index (χ4n) is 4.75. The Morgan fingerprint density at radius 2 is 0.973 bits per heavy atom. The maximum Gasteiger partial charge on any atom is 0.266 e. The van der Waals surface area contributed by atoms with Crippen molar-refractivity contribution in [2.75, 3.05) is 5.75 Å². The zero-order chi connectivity index (χ0) is 27.8. The summed E-state index contributed by atoms with van der Waals surface area (Å²) >= 11 is 0. The largest absolute Gasteiger partial charge is 0.391 e. The molecule has 0 aliphatic carbocycles. The van der Waals surface area contributed by atoms with Gasteiger partial charge in [0.1, 0.15) is 6.10 Å². The molecule has 0 saturated carbocycles. The third-order valence-electron chi connectivity index (χ3n) is 7.17. The SMILES string of the molecule is CCCCCCCCCCCCCCC(O)C(=O)NC(CS(=O)(=O)O)C(O)CCCCCCCCCC. The molecule has 1 amide bonds. The molecule has 4 N–H and O–H groups in total. The number of nitrogens with one attached hydrogen (secondary N) is 1. The average Bonchev–Trinajstić information content (AvgIpc) is 2.84. The summed E-state index contributed by atoms with van der Waals surface area (Å²) in [5, 5.41) is 23.2. The third kappa shape index (κ3) is 24.1. The molecule has 0 saturated heterocycles. The molecule has 0 spiro atoms. The topological polar surface area (TPSA) is 124 Å². The van der Waals surface area contributed by atoms with E-state index in [1.807, 2.05) is 0 Å². The molecule has 0 aromatic carbocycles. The van der Waals surface area contributed by atoms with Crippen LogP contribution in [0.2, 0.25) is 0 Å². The number of hydrogen-bond donors (Lipinski definition) is 4. The summed E-state index contributed by atoms with van der Waals surface area (Å²) in [5.41, 5.74) is 0. The van der Waals surface area contributed by atoms with Gasteiger partial charge in [0.2, 0.25) is 5.91 Å². The van der Waals surface area contributed by atoms with Crippen molar-refractivity contribution < 1.29 is 28.0 Å². The Morgan fingerprint density at radius 1 is 0.622 bits per heavy atom. The van der Waals surface area contributed by atoms with Crippen LogP contribution in [0.3, 0.4) is 0 Å². The van der Waals surface area contributed by atoms with Gasteiger partial charge in [-0.1, -0.05) is 142 Å². The standard InChI is InChI=1S/C29H59NO6S/c1-3-5-7-9-11-13-14-15-16-18-20-22-24-28(32)29(33)30-26(25-37(34,35)36)27(31)23-21-19-17-12-10-8-6-4-2/h26-28,31-32H,3-25H2,1-2H3,(H,30,33)(H,34,35,36). The van der Waals surface area contributed by atoms with Crippen LogP contribution in [0.25, 0.3) is 0 Å². The van der Waals surface area contributed by atoms with Crippen LogP contribution in [0.1, 0.15) is 155 Å². The summed E-state index contributed by atoms with van der Waals surface area (Å²) in [6, 6.07) is -1.14. The van der Waals surface area contributed by atoms with E-state index in [4.69, 9.17) is 0 Å². The number of rotatable bonds is 27. The van der Waals surface area contributed by atoms with Crippen molar-refractivity contribution in [2.24, 2.45) is 0 Å². The number of aliphatic hydroxyl groups excluding tert-OH is 2. The van der Waals surface area contributed by atoms with Gasteiger partial charge in [-0.15, -0.1) is 0 Å². The highest BCUT2D eigenvalue weighted by molar-refractivity contribution is 7.85. The second-order valence-electron chi connectivity index (χ2n) is 10.9. The molecule has 0 radical (unpaired) electrons. The van der Waals surface area contributed by atoms with E-state index in [1.165, 1.54) is 83.5 Å². The van der Waals surface area contributed by atoms with E-state index >= 15 is 0 Å². The first-order valence-electron chi connectivity index (χ1n) is 15.3. The summed E-state index contributed by atoms with van der Waals surface area (Å²) in [6.45, 7) is 4.41. The molecular formula is C29H59NO6S. The fraction of sp³-hybridized carbons (Fsp3) is 0.966. The van der Waals surface area contributed by atoms with Gasteiger partial charge in [-0.3, -0.25) is 9.35 Å². The molecule has 0 aromatic rings. The van der Waals surface area contributed by atoms with Gasteiger partial charge in [0, 0.05) is 0 Å². The Labute approximate surface area is 228 Å². The second-order valence-corrected chi connectivity index (χ2v) is 12.4.